The van der Waals surface area contributed by atoms with Gasteiger partial charge in [0.05, 0.1) is 11.0 Å². The van der Waals surface area contributed by atoms with Gasteiger partial charge in [-0.15, -0.1) is 11.6 Å². The first kappa shape index (κ1) is 14.3. The first-order valence-corrected chi connectivity index (χ1v) is 6.32. The molecule has 0 unspecified atom stereocenters. The zero-order valence-electron chi connectivity index (χ0n) is 10.6. The molecular weight excluding hydrogens is 285 g/mol. The SMILES string of the molecule is Cc1cc(Oc2ccc(F)cc2[N+](=O)[O-])ccc1CCl. The van der Waals surface area contributed by atoms with E-state index in [4.69, 9.17) is 16.3 Å². The van der Waals surface area contributed by atoms with E-state index in [0.29, 0.717) is 11.6 Å². The average Bonchev–Trinajstić information content (AvgIpc) is 2.41. The van der Waals surface area contributed by atoms with E-state index in [1.165, 1.54) is 6.07 Å². The number of hydrogen-bond donors (Lipinski definition) is 0. The van der Waals surface area contributed by atoms with Crippen molar-refractivity contribution in [1.82, 2.24) is 0 Å². The monoisotopic (exact) mass is 295 g/mol. The maximum absolute atomic E-state index is 13.0. The number of nitro groups is 1. The van der Waals surface area contributed by atoms with E-state index in [1.807, 2.05) is 6.92 Å². The summed E-state index contributed by atoms with van der Waals surface area (Å²) < 4.78 is 18.5. The molecule has 104 valence electrons. The highest BCUT2D eigenvalue weighted by Crippen LogP contribution is 2.32. The minimum absolute atomic E-state index is 0.00516. The van der Waals surface area contributed by atoms with Crippen LogP contribution in [0.5, 0.6) is 11.5 Å². The summed E-state index contributed by atoms with van der Waals surface area (Å²) in [6, 6.07) is 8.35. The van der Waals surface area contributed by atoms with Crippen LogP contribution in [0, 0.1) is 22.9 Å². The molecule has 0 fully saturated rings. The summed E-state index contributed by atoms with van der Waals surface area (Å²) in [4.78, 5) is 10.2. The first-order chi connectivity index (χ1) is 9.51. The third-order valence-electron chi connectivity index (χ3n) is 2.80. The molecule has 6 heteroatoms. The molecular formula is C14H11ClFNO3. The quantitative estimate of drug-likeness (QED) is 0.471. The first-order valence-electron chi connectivity index (χ1n) is 5.78. The number of ether oxygens (including phenoxy) is 1. The molecule has 0 saturated heterocycles. The molecule has 2 rings (SSSR count). The summed E-state index contributed by atoms with van der Waals surface area (Å²) in [5.41, 5.74) is 1.46. The van der Waals surface area contributed by atoms with Crippen LogP contribution in [0.2, 0.25) is 0 Å². The normalized spacial score (nSPS) is 10.3. The van der Waals surface area contributed by atoms with Crippen molar-refractivity contribution in [3.05, 3.63) is 63.5 Å². The molecule has 0 atom stereocenters. The number of rotatable bonds is 4. The molecule has 0 spiro atoms. The summed E-state index contributed by atoms with van der Waals surface area (Å²) in [6.45, 7) is 1.86. The number of halogens is 2. The van der Waals surface area contributed by atoms with Gasteiger partial charge in [-0.2, -0.15) is 0 Å². The maximum Gasteiger partial charge on any atom is 0.314 e. The Balaban J connectivity index is 2.35. The van der Waals surface area contributed by atoms with Crippen LogP contribution in [-0.4, -0.2) is 4.92 Å². The molecule has 0 aliphatic heterocycles. The lowest BCUT2D eigenvalue weighted by Crippen LogP contribution is -1.95. The smallest absolute Gasteiger partial charge is 0.314 e. The molecule has 0 bridgehead atoms. The predicted octanol–water partition coefficient (Wildman–Crippen LogP) is 4.57. The molecule has 0 radical (unpaired) electrons. The van der Waals surface area contributed by atoms with E-state index in [0.717, 1.165) is 23.3 Å². The van der Waals surface area contributed by atoms with Gasteiger partial charge in [-0.25, -0.2) is 4.39 Å². The summed E-state index contributed by atoms with van der Waals surface area (Å²) in [6.07, 6.45) is 0. The molecule has 0 aliphatic carbocycles. The highest BCUT2D eigenvalue weighted by Gasteiger charge is 2.17. The highest BCUT2D eigenvalue weighted by molar-refractivity contribution is 6.17. The molecule has 2 aromatic carbocycles. The van der Waals surface area contributed by atoms with Crippen molar-refractivity contribution in [3.8, 4) is 11.5 Å². The number of hydrogen-bond acceptors (Lipinski definition) is 3. The number of aryl methyl sites for hydroxylation is 1. The molecule has 0 heterocycles. The summed E-state index contributed by atoms with van der Waals surface area (Å²) in [5, 5.41) is 10.9. The molecule has 4 nitrogen and oxygen atoms in total. The fourth-order valence-corrected chi connectivity index (χ4v) is 2.03. The lowest BCUT2D eigenvalue weighted by atomic mass is 10.1. The Morgan fingerprint density at radius 3 is 2.65 bits per heavy atom. The zero-order valence-corrected chi connectivity index (χ0v) is 11.4. The number of nitro benzene ring substituents is 1. The zero-order chi connectivity index (χ0) is 14.7. The molecule has 0 saturated carbocycles. The van der Waals surface area contributed by atoms with E-state index in [2.05, 4.69) is 0 Å². The Kier molecular flexibility index (Phi) is 4.20. The van der Waals surface area contributed by atoms with Crippen LogP contribution in [0.1, 0.15) is 11.1 Å². The van der Waals surface area contributed by atoms with Gasteiger partial charge < -0.3 is 4.74 Å². The van der Waals surface area contributed by atoms with E-state index >= 15 is 0 Å². The van der Waals surface area contributed by atoms with Crippen molar-refractivity contribution in [2.24, 2.45) is 0 Å². The predicted molar refractivity (Wildman–Crippen MR) is 73.9 cm³/mol. The van der Waals surface area contributed by atoms with Gasteiger partial charge in [-0.05, 0) is 42.3 Å². The van der Waals surface area contributed by atoms with Gasteiger partial charge >= 0.3 is 5.69 Å². The van der Waals surface area contributed by atoms with E-state index in [1.54, 1.807) is 18.2 Å². The van der Waals surface area contributed by atoms with Crippen LogP contribution < -0.4 is 4.74 Å². The topological polar surface area (TPSA) is 52.4 Å². The summed E-state index contributed by atoms with van der Waals surface area (Å²) in [5.74, 6) is 0.126. The van der Waals surface area contributed by atoms with Crippen molar-refractivity contribution in [1.29, 1.82) is 0 Å². The Bertz CT molecular complexity index is 661. The van der Waals surface area contributed by atoms with E-state index < -0.39 is 16.4 Å². The van der Waals surface area contributed by atoms with Gasteiger partial charge in [0.1, 0.15) is 11.6 Å². The molecule has 0 aliphatic rings. The van der Waals surface area contributed by atoms with E-state index in [-0.39, 0.29) is 5.75 Å². The van der Waals surface area contributed by atoms with Gasteiger partial charge in [-0.3, -0.25) is 10.1 Å². The molecule has 2 aromatic rings. The number of alkyl halides is 1. The fourth-order valence-electron chi connectivity index (χ4n) is 1.73. The molecule has 0 N–H and O–H groups in total. The number of benzene rings is 2. The van der Waals surface area contributed by atoms with Crippen LogP contribution in [0.4, 0.5) is 10.1 Å². The standard InChI is InChI=1S/C14H11ClFNO3/c1-9-6-12(4-2-10(9)8-15)20-14-5-3-11(16)7-13(14)17(18)19/h2-7H,8H2,1H3. The summed E-state index contributed by atoms with van der Waals surface area (Å²) >= 11 is 5.76. The van der Waals surface area contributed by atoms with Crippen LogP contribution in [0.25, 0.3) is 0 Å². The highest BCUT2D eigenvalue weighted by atomic mass is 35.5. The van der Waals surface area contributed by atoms with Gasteiger partial charge in [0, 0.05) is 5.88 Å². The lowest BCUT2D eigenvalue weighted by molar-refractivity contribution is -0.385. The van der Waals surface area contributed by atoms with Crippen molar-refractivity contribution in [2.75, 3.05) is 0 Å². The largest absolute Gasteiger partial charge is 0.450 e. The number of nitrogens with zero attached hydrogens (tertiary/aromatic N) is 1. The van der Waals surface area contributed by atoms with Gasteiger partial charge in [0.2, 0.25) is 5.75 Å². The Labute approximate surface area is 119 Å². The average molecular weight is 296 g/mol. The van der Waals surface area contributed by atoms with Crippen LogP contribution in [0.15, 0.2) is 36.4 Å². The Morgan fingerprint density at radius 2 is 2.05 bits per heavy atom. The van der Waals surface area contributed by atoms with Gasteiger partial charge in [0.25, 0.3) is 0 Å². The van der Waals surface area contributed by atoms with E-state index in [9.17, 15) is 14.5 Å². The van der Waals surface area contributed by atoms with Crippen molar-refractivity contribution < 1.29 is 14.1 Å². The molecule has 0 aromatic heterocycles. The van der Waals surface area contributed by atoms with Crippen molar-refractivity contribution in [2.45, 2.75) is 12.8 Å². The minimum Gasteiger partial charge on any atom is -0.450 e. The van der Waals surface area contributed by atoms with Gasteiger partial charge in [0.15, 0.2) is 0 Å². The van der Waals surface area contributed by atoms with Crippen LogP contribution >= 0.6 is 11.6 Å². The van der Waals surface area contributed by atoms with Gasteiger partial charge in [-0.1, -0.05) is 6.07 Å². The second-order valence-corrected chi connectivity index (χ2v) is 4.46. The third-order valence-corrected chi connectivity index (χ3v) is 3.09. The van der Waals surface area contributed by atoms with Crippen LogP contribution in [0.3, 0.4) is 0 Å². The molecule has 0 amide bonds. The van der Waals surface area contributed by atoms with Crippen molar-refractivity contribution >= 4 is 17.3 Å². The molecule has 20 heavy (non-hydrogen) atoms. The third kappa shape index (κ3) is 3.05. The fraction of sp³-hybridized carbons (Fsp3) is 0.143. The minimum atomic E-state index is -0.683. The maximum atomic E-state index is 13.0. The Morgan fingerprint density at radius 1 is 1.30 bits per heavy atom. The van der Waals surface area contributed by atoms with Crippen molar-refractivity contribution in [3.63, 3.8) is 0 Å². The lowest BCUT2D eigenvalue weighted by Gasteiger charge is -2.09. The summed E-state index contributed by atoms with van der Waals surface area (Å²) in [7, 11) is 0. The Hall–Kier alpha value is -2.14. The second kappa shape index (κ2) is 5.88. The second-order valence-electron chi connectivity index (χ2n) is 4.19. The van der Waals surface area contributed by atoms with Crippen LogP contribution in [-0.2, 0) is 5.88 Å².